The van der Waals surface area contributed by atoms with Crippen LogP contribution in [0.5, 0.6) is 0 Å². The summed E-state index contributed by atoms with van der Waals surface area (Å²) < 4.78 is 12.4. The summed E-state index contributed by atoms with van der Waals surface area (Å²) in [6, 6.07) is 0. The van der Waals surface area contributed by atoms with Crippen molar-refractivity contribution in [3.8, 4) is 0 Å². The van der Waals surface area contributed by atoms with Crippen LogP contribution in [-0.2, 0) is 9.47 Å². The molecule has 148 valence electrons. The van der Waals surface area contributed by atoms with Gasteiger partial charge < -0.3 is 19.7 Å². The van der Waals surface area contributed by atoms with Gasteiger partial charge >= 0.3 is 0 Å². The second kappa shape index (κ2) is 5.68. The SMILES string of the molecule is C[C@H]1CC[C@]2(C)C3CC[C@@]4(C)C(CCC45OCCO5)C3C(O)[C@H](O)C2C1. The molecular formula is C22H36O4. The van der Waals surface area contributed by atoms with Crippen LogP contribution in [0.2, 0.25) is 0 Å². The van der Waals surface area contributed by atoms with E-state index in [4.69, 9.17) is 9.47 Å². The third kappa shape index (κ3) is 2.05. The Balaban J connectivity index is 1.52. The van der Waals surface area contributed by atoms with Gasteiger partial charge in [0, 0.05) is 11.8 Å². The molecule has 9 atom stereocenters. The monoisotopic (exact) mass is 364 g/mol. The lowest BCUT2D eigenvalue weighted by atomic mass is 9.43. The minimum absolute atomic E-state index is 0.0312. The highest BCUT2D eigenvalue weighted by Gasteiger charge is 2.69. The zero-order valence-corrected chi connectivity index (χ0v) is 16.6. The lowest BCUT2D eigenvalue weighted by Crippen LogP contribution is -2.65. The van der Waals surface area contributed by atoms with E-state index in [1.807, 2.05) is 0 Å². The third-order valence-electron chi connectivity index (χ3n) is 9.81. The van der Waals surface area contributed by atoms with Crippen molar-refractivity contribution in [2.45, 2.75) is 83.7 Å². The second-order valence-corrected chi connectivity index (χ2v) is 10.7. The van der Waals surface area contributed by atoms with E-state index in [0.29, 0.717) is 31.0 Å². The molecule has 4 saturated carbocycles. The first-order chi connectivity index (χ1) is 12.3. The van der Waals surface area contributed by atoms with E-state index in [2.05, 4.69) is 20.8 Å². The van der Waals surface area contributed by atoms with E-state index in [0.717, 1.165) is 32.1 Å². The Kier molecular flexibility index (Phi) is 3.91. The molecule has 0 aromatic carbocycles. The molecule has 1 saturated heterocycles. The first-order valence-corrected chi connectivity index (χ1v) is 11.0. The van der Waals surface area contributed by atoms with Gasteiger partial charge in [0.25, 0.3) is 0 Å². The maximum absolute atomic E-state index is 11.3. The Labute approximate surface area is 157 Å². The van der Waals surface area contributed by atoms with Gasteiger partial charge in [0.2, 0.25) is 0 Å². The molecule has 26 heavy (non-hydrogen) atoms. The highest BCUT2D eigenvalue weighted by molar-refractivity contribution is 5.16. The molecular weight excluding hydrogens is 328 g/mol. The van der Waals surface area contributed by atoms with Crippen LogP contribution >= 0.6 is 0 Å². The van der Waals surface area contributed by atoms with E-state index in [9.17, 15) is 10.2 Å². The van der Waals surface area contributed by atoms with Crippen molar-refractivity contribution in [2.75, 3.05) is 13.2 Å². The third-order valence-corrected chi connectivity index (χ3v) is 9.81. The van der Waals surface area contributed by atoms with Gasteiger partial charge in [-0.15, -0.1) is 0 Å². The van der Waals surface area contributed by atoms with Crippen LogP contribution in [0, 0.1) is 40.4 Å². The molecule has 1 heterocycles. The lowest BCUT2D eigenvalue weighted by Gasteiger charge is -2.64. The van der Waals surface area contributed by atoms with Crippen LogP contribution in [0.1, 0.15) is 65.7 Å². The molecule has 4 heteroatoms. The molecule has 0 bridgehead atoms. The van der Waals surface area contributed by atoms with Crippen molar-refractivity contribution in [3.05, 3.63) is 0 Å². The molecule has 4 aliphatic carbocycles. The van der Waals surface area contributed by atoms with Crippen molar-refractivity contribution < 1.29 is 19.7 Å². The van der Waals surface area contributed by atoms with Gasteiger partial charge in [0.05, 0.1) is 25.4 Å². The Morgan fingerprint density at radius 1 is 0.808 bits per heavy atom. The highest BCUT2D eigenvalue weighted by Crippen LogP contribution is 2.69. The van der Waals surface area contributed by atoms with Gasteiger partial charge in [0.1, 0.15) is 0 Å². The number of hydrogen-bond acceptors (Lipinski definition) is 4. The van der Waals surface area contributed by atoms with E-state index in [1.165, 1.54) is 12.8 Å². The molecule has 0 aromatic rings. The predicted octanol–water partition coefficient (Wildman–Crippen LogP) is 3.35. The minimum Gasteiger partial charge on any atom is -0.390 e. The molecule has 0 amide bonds. The number of aliphatic hydroxyl groups excluding tert-OH is 2. The molecule has 1 spiro atoms. The predicted molar refractivity (Wildman–Crippen MR) is 98.3 cm³/mol. The molecule has 1 aliphatic heterocycles. The molecule has 5 aliphatic rings. The van der Waals surface area contributed by atoms with E-state index < -0.39 is 18.0 Å². The van der Waals surface area contributed by atoms with Crippen LogP contribution < -0.4 is 0 Å². The number of hydrogen-bond donors (Lipinski definition) is 2. The normalized spacial score (nSPS) is 58.3. The quantitative estimate of drug-likeness (QED) is 0.692. The van der Waals surface area contributed by atoms with Crippen LogP contribution in [0.15, 0.2) is 0 Å². The molecule has 5 unspecified atom stereocenters. The van der Waals surface area contributed by atoms with Crippen LogP contribution in [-0.4, -0.2) is 41.4 Å². The summed E-state index contributed by atoms with van der Waals surface area (Å²) >= 11 is 0. The van der Waals surface area contributed by atoms with Crippen LogP contribution in [0.3, 0.4) is 0 Å². The number of aliphatic hydroxyl groups is 2. The van der Waals surface area contributed by atoms with Crippen molar-refractivity contribution >= 4 is 0 Å². The zero-order valence-electron chi connectivity index (χ0n) is 16.6. The second-order valence-electron chi connectivity index (χ2n) is 10.7. The smallest absolute Gasteiger partial charge is 0.174 e. The van der Waals surface area contributed by atoms with Gasteiger partial charge in [-0.05, 0) is 67.1 Å². The van der Waals surface area contributed by atoms with E-state index >= 15 is 0 Å². The molecule has 5 fully saturated rings. The van der Waals surface area contributed by atoms with Gasteiger partial charge in [-0.25, -0.2) is 0 Å². The van der Waals surface area contributed by atoms with Gasteiger partial charge in [-0.1, -0.05) is 27.2 Å². The summed E-state index contributed by atoms with van der Waals surface area (Å²) in [4.78, 5) is 0. The summed E-state index contributed by atoms with van der Waals surface area (Å²) in [6.45, 7) is 8.45. The first kappa shape index (κ1) is 17.9. The number of rotatable bonds is 0. The van der Waals surface area contributed by atoms with E-state index in [1.54, 1.807) is 0 Å². The zero-order chi connectivity index (χ0) is 18.3. The summed E-state index contributed by atoms with van der Waals surface area (Å²) in [5.41, 5.74) is 0.140. The Morgan fingerprint density at radius 2 is 1.50 bits per heavy atom. The molecule has 2 N–H and O–H groups in total. The number of fused-ring (bicyclic) bond motifs is 6. The van der Waals surface area contributed by atoms with Crippen molar-refractivity contribution in [3.63, 3.8) is 0 Å². The minimum atomic E-state index is -0.593. The maximum Gasteiger partial charge on any atom is 0.174 e. The Morgan fingerprint density at radius 3 is 2.23 bits per heavy atom. The Bertz CT molecular complexity index is 572. The topological polar surface area (TPSA) is 58.9 Å². The first-order valence-electron chi connectivity index (χ1n) is 11.0. The fourth-order valence-electron chi connectivity index (χ4n) is 8.35. The fraction of sp³-hybridized carbons (Fsp3) is 1.00. The average molecular weight is 365 g/mol. The average Bonchev–Trinajstić information content (AvgIpc) is 3.21. The van der Waals surface area contributed by atoms with Crippen molar-refractivity contribution in [1.29, 1.82) is 0 Å². The Hall–Kier alpha value is -0.160. The highest BCUT2D eigenvalue weighted by atomic mass is 16.7. The molecule has 0 radical (unpaired) electrons. The largest absolute Gasteiger partial charge is 0.390 e. The van der Waals surface area contributed by atoms with Crippen molar-refractivity contribution in [1.82, 2.24) is 0 Å². The van der Waals surface area contributed by atoms with Crippen molar-refractivity contribution in [2.24, 2.45) is 40.4 Å². The van der Waals surface area contributed by atoms with Gasteiger partial charge in [0.15, 0.2) is 5.79 Å². The van der Waals surface area contributed by atoms with Crippen LogP contribution in [0.4, 0.5) is 0 Å². The molecule has 5 rings (SSSR count). The standard InChI is InChI=1S/C22H36O4/c1-13-4-7-20(2)14-5-8-21(3)15(6-9-22(21)25-10-11-26-22)17(14)19(24)18(23)16(20)12-13/h13-19,23-24H,4-12H2,1-3H3/t13-,14?,15?,16?,17?,18+,19?,20+,21-/m0/s1. The summed E-state index contributed by atoms with van der Waals surface area (Å²) in [5.74, 6) is 1.57. The molecule has 0 aromatic heterocycles. The number of ether oxygens (including phenoxy) is 2. The maximum atomic E-state index is 11.3. The fourth-order valence-corrected chi connectivity index (χ4v) is 8.35. The molecule has 4 nitrogen and oxygen atoms in total. The van der Waals surface area contributed by atoms with Gasteiger partial charge in [-0.3, -0.25) is 0 Å². The summed E-state index contributed by atoms with van der Waals surface area (Å²) in [7, 11) is 0. The van der Waals surface area contributed by atoms with Gasteiger partial charge in [-0.2, -0.15) is 0 Å². The van der Waals surface area contributed by atoms with E-state index in [-0.39, 0.29) is 22.7 Å². The summed E-state index contributed by atoms with van der Waals surface area (Å²) in [5, 5.41) is 22.4. The lowest BCUT2D eigenvalue weighted by molar-refractivity contribution is -0.268. The summed E-state index contributed by atoms with van der Waals surface area (Å²) in [6.07, 6.45) is 6.61. The van der Waals surface area contributed by atoms with Crippen LogP contribution in [0.25, 0.3) is 0 Å².